The van der Waals surface area contributed by atoms with Gasteiger partial charge in [0.15, 0.2) is 0 Å². The van der Waals surface area contributed by atoms with Gasteiger partial charge >= 0.3 is 0 Å². The molecule has 11 heavy (non-hydrogen) atoms. The van der Waals surface area contributed by atoms with Gasteiger partial charge in [0.2, 0.25) is 0 Å². The van der Waals surface area contributed by atoms with E-state index in [1.807, 2.05) is 19.9 Å². The number of hydrogen-bond donors (Lipinski definition) is 0. The highest BCUT2D eigenvalue weighted by Gasteiger charge is 2.05. The van der Waals surface area contributed by atoms with Crippen LogP contribution in [0, 0.1) is 5.92 Å². The highest BCUT2D eigenvalue weighted by molar-refractivity contribution is 5.17. The zero-order chi connectivity index (χ0) is 8.69. The van der Waals surface area contributed by atoms with E-state index in [0.717, 1.165) is 12.8 Å². The van der Waals surface area contributed by atoms with Gasteiger partial charge in [-0.3, -0.25) is 0 Å². The van der Waals surface area contributed by atoms with Crippen LogP contribution in [0.3, 0.4) is 0 Å². The summed E-state index contributed by atoms with van der Waals surface area (Å²) in [6.45, 7) is 6.08. The Morgan fingerprint density at radius 2 is 2.18 bits per heavy atom. The summed E-state index contributed by atoms with van der Waals surface area (Å²) in [7, 11) is 0. The lowest BCUT2D eigenvalue weighted by Crippen LogP contribution is -1.95. The van der Waals surface area contributed by atoms with Crippen LogP contribution < -0.4 is 0 Å². The second kappa shape index (κ2) is 6.14. The standard InChI is InChI=1S/C8H11F.C2H6/c1-2-7-4-3-5-8(9)6-7;1-2/h3,5-7H,2,4H2,1H3;1-2H3. The molecule has 0 bridgehead atoms. The normalized spacial score (nSPS) is 21.8. The molecule has 0 saturated carbocycles. The Kier molecular flexibility index (Phi) is 5.81. The van der Waals surface area contributed by atoms with Crippen LogP contribution in [0.2, 0.25) is 0 Å². The third-order valence-corrected chi connectivity index (χ3v) is 1.64. The summed E-state index contributed by atoms with van der Waals surface area (Å²) in [6, 6.07) is 0. The molecule has 0 aromatic rings. The molecular formula is C10H17F. The zero-order valence-corrected chi connectivity index (χ0v) is 7.60. The summed E-state index contributed by atoms with van der Waals surface area (Å²) < 4.78 is 12.4. The van der Waals surface area contributed by atoms with Crippen LogP contribution in [-0.2, 0) is 0 Å². The number of rotatable bonds is 1. The van der Waals surface area contributed by atoms with Gasteiger partial charge in [-0.2, -0.15) is 0 Å². The first-order chi connectivity index (χ1) is 5.33. The van der Waals surface area contributed by atoms with Gasteiger partial charge in [-0.25, -0.2) is 4.39 Å². The molecule has 0 radical (unpaired) electrons. The second-order valence-electron chi connectivity index (χ2n) is 2.36. The fourth-order valence-corrected chi connectivity index (χ4v) is 0.989. The molecule has 0 spiro atoms. The predicted octanol–water partition coefficient (Wildman–Crippen LogP) is 3.85. The molecule has 0 aromatic heterocycles. The first kappa shape index (κ1) is 10.4. The highest BCUT2D eigenvalue weighted by Crippen LogP contribution is 2.19. The van der Waals surface area contributed by atoms with E-state index >= 15 is 0 Å². The van der Waals surface area contributed by atoms with Gasteiger partial charge in [0.05, 0.1) is 0 Å². The van der Waals surface area contributed by atoms with Crippen LogP contribution in [0.25, 0.3) is 0 Å². The molecular weight excluding hydrogens is 139 g/mol. The minimum absolute atomic E-state index is 0.0758. The van der Waals surface area contributed by atoms with E-state index in [-0.39, 0.29) is 5.83 Å². The maximum atomic E-state index is 12.4. The van der Waals surface area contributed by atoms with Crippen LogP contribution in [-0.4, -0.2) is 0 Å². The molecule has 1 rings (SSSR count). The summed E-state index contributed by atoms with van der Waals surface area (Å²) in [6.07, 6.45) is 7.16. The fraction of sp³-hybridized carbons (Fsp3) is 0.600. The van der Waals surface area contributed by atoms with E-state index in [0.29, 0.717) is 5.92 Å². The summed E-state index contributed by atoms with van der Waals surface area (Å²) >= 11 is 0. The van der Waals surface area contributed by atoms with Crippen LogP contribution in [0.4, 0.5) is 4.39 Å². The van der Waals surface area contributed by atoms with E-state index in [4.69, 9.17) is 0 Å². The Bertz CT molecular complexity index is 145. The van der Waals surface area contributed by atoms with Gasteiger partial charge in [-0.15, -0.1) is 0 Å². The smallest absolute Gasteiger partial charge is 0.119 e. The second-order valence-corrected chi connectivity index (χ2v) is 2.36. The minimum Gasteiger partial charge on any atom is -0.207 e. The first-order valence-electron chi connectivity index (χ1n) is 4.36. The van der Waals surface area contributed by atoms with Crippen molar-refractivity contribution in [2.24, 2.45) is 5.92 Å². The highest BCUT2D eigenvalue weighted by atomic mass is 19.1. The van der Waals surface area contributed by atoms with Crippen molar-refractivity contribution >= 4 is 0 Å². The Labute approximate surface area is 68.8 Å². The third-order valence-electron chi connectivity index (χ3n) is 1.64. The molecule has 0 heterocycles. The number of hydrogen-bond acceptors (Lipinski definition) is 0. The molecule has 0 aromatic carbocycles. The quantitative estimate of drug-likeness (QED) is 0.541. The van der Waals surface area contributed by atoms with E-state index in [1.165, 1.54) is 6.08 Å². The first-order valence-corrected chi connectivity index (χ1v) is 4.36. The van der Waals surface area contributed by atoms with Crippen molar-refractivity contribution in [2.75, 3.05) is 0 Å². The third kappa shape index (κ3) is 3.97. The lowest BCUT2D eigenvalue weighted by molar-refractivity contribution is 0.577. The fourth-order valence-electron chi connectivity index (χ4n) is 0.989. The molecule has 1 aliphatic carbocycles. The van der Waals surface area contributed by atoms with Gasteiger partial charge in [-0.1, -0.05) is 26.8 Å². The SMILES string of the molecule is CC.CCC1C=C(F)C=CC1. The molecule has 0 aliphatic heterocycles. The molecule has 0 nitrogen and oxygen atoms in total. The van der Waals surface area contributed by atoms with Crippen LogP contribution in [0.5, 0.6) is 0 Å². The maximum Gasteiger partial charge on any atom is 0.119 e. The predicted molar refractivity (Wildman–Crippen MR) is 48.1 cm³/mol. The van der Waals surface area contributed by atoms with Gasteiger partial charge in [-0.05, 0) is 30.9 Å². The summed E-state index contributed by atoms with van der Waals surface area (Å²) in [5.41, 5.74) is 0. The Morgan fingerprint density at radius 1 is 1.55 bits per heavy atom. The van der Waals surface area contributed by atoms with Crippen LogP contribution >= 0.6 is 0 Å². The molecule has 0 amide bonds. The zero-order valence-electron chi connectivity index (χ0n) is 7.60. The Balaban J connectivity index is 0.000000461. The molecule has 1 unspecified atom stereocenters. The number of allylic oxidation sites excluding steroid dienone is 4. The number of halogens is 1. The molecule has 0 fully saturated rings. The van der Waals surface area contributed by atoms with E-state index < -0.39 is 0 Å². The van der Waals surface area contributed by atoms with Crippen molar-refractivity contribution in [1.29, 1.82) is 0 Å². The minimum atomic E-state index is -0.0758. The van der Waals surface area contributed by atoms with E-state index in [9.17, 15) is 4.39 Å². The maximum absolute atomic E-state index is 12.4. The molecule has 1 heteroatoms. The van der Waals surface area contributed by atoms with Gasteiger partial charge < -0.3 is 0 Å². The molecule has 0 N–H and O–H groups in total. The molecule has 1 atom stereocenters. The summed E-state index contributed by atoms with van der Waals surface area (Å²) in [5.74, 6) is 0.364. The van der Waals surface area contributed by atoms with Crippen molar-refractivity contribution in [3.63, 3.8) is 0 Å². The topological polar surface area (TPSA) is 0 Å². The average Bonchev–Trinajstić information content (AvgIpc) is 2.08. The van der Waals surface area contributed by atoms with Crippen LogP contribution in [0.15, 0.2) is 24.1 Å². The van der Waals surface area contributed by atoms with Crippen LogP contribution in [0.1, 0.15) is 33.6 Å². The van der Waals surface area contributed by atoms with Crippen molar-refractivity contribution in [3.05, 3.63) is 24.1 Å². The lowest BCUT2D eigenvalue weighted by atomic mass is 9.98. The monoisotopic (exact) mass is 156 g/mol. The lowest BCUT2D eigenvalue weighted by Gasteiger charge is -2.09. The Morgan fingerprint density at radius 3 is 2.55 bits per heavy atom. The van der Waals surface area contributed by atoms with Crippen molar-refractivity contribution in [2.45, 2.75) is 33.6 Å². The van der Waals surface area contributed by atoms with Gasteiger partial charge in [0, 0.05) is 0 Å². The van der Waals surface area contributed by atoms with E-state index in [1.54, 1.807) is 6.08 Å². The van der Waals surface area contributed by atoms with Crippen molar-refractivity contribution in [1.82, 2.24) is 0 Å². The van der Waals surface area contributed by atoms with Gasteiger partial charge in [0.1, 0.15) is 5.83 Å². The molecule has 64 valence electrons. The van der Waals surface area contributed by atoms with Crippen molar-refractivity contribution < 1.29 is 4.39 Å². The average molecular weight is 156 g/mol. The Hall–Kier alpha value is -0.590. The van der Waals surface area contributed by atoms with Gasteiger partial charge in [0.25, 0.3) is 0 Å². The molecule has 0 saturated heterocycles. The summed E-state index contributed by atoms with van der Waals surface area (Å²) in [5, 5.41) is 0. The van der Waals surface area contributed by atoms with Crippen molar-refractivity contribution in [3.8, 4) is 0 Å². The molecule has 1 aliphatic rings. The summed E-state index contributed by atoms with van der Waals surface area (Å²) in [4.78, 5) is 0. The largest absolute Gasteiger partial charge is 0.207 e. The van der Waals surface area contributed by atoms with E-state index in [2.05, 4.69) is 6.92 Å².